The highest BCUT2D eigenvalue weighted by Gasteiger charge is 2.10. The number of likely N-dealkylation sites (tertiary alicyclic amines) is 2. The zero-order valence-corrected chi connectivity index (χ0v) is 13.7. The van der Waals surface area contributed by atoms with E-state index in [0.29, 0.717) is 0 Å². The Labute approximate surface area is 130 Å². The monoisotopic (exact) mass is 312 g/mol. The Balaban J connectivity index is 0.00000162. The van der Waals surface area contributed by atoms with Gasteiger partial charge in [0.1, 0.15) is 0 Å². The average Bonchev–Trinajstić information content (AvgIpc) is 2.41. The van der Waals surface area contributed by atoms with Gasteiger partial charge in [0.2, 0.25) is 0 Å². The molecule has 0 atom stereocenters. The molecule has 0 unspecified atom stereocenters. The van der Waals surface area contributed by atoms with E-state index in [1.807, 2.05) is 0 Å². The van der Waals surface area contributed by atoms with Crippen molar-refractivity contribution in [2.24, 2.45) is 0 Å². The Morgan fingerprint density at radius 2 is 0.947 bits per heavy atom. The number of halogens is 2. The van der Waals surface area contributed by atoms with Crippen LogP contribution in [0.1, 0.15) is 38.5 Å². The van der Waals surface area contributed by atoms with E-state index in [1.54, 1.807) is 0 Å². The van der Waals surface area contributed by atoms with Gasteiger partial charge in [-0.1, -0.05) is 12.8 Å². The fourth-order valence-corrected chi connectivity index (χ4v) is 2.86. The van der Waals surface area contributed by atoms with E-state index < -0.39 is 0 Å². The molecule has 19 heavy (non-hydrogen) atoms. The van der Waals surface area contributed by atoms with Crippen molar-refractivity contribution in [3.63, 3.8) is 0 Å². The molecule has 0 spiro atoms. The highest BCUT2D eigenvalue weighted by molar-refractivity contribution is 5.85. The molecule has 5 heteroatoms. The Morgan fingerprint density at radius 3 is 1.32 bits per heavy atom. The molecular formula is C14H30Cl2N2O. The minimum atomic E-state index is 0. The molecule has 0 radical (unpaired) electrons. The summed E-state index contributed by atoms with van der Waals surface area (Å²) in [6.07, 6.45) is 8.38. The predicted molar refractivity (Wildman–Crippen MR) is 85.9 cm³/mol. The van der Waals surface area contributed by atoms with Gasteiger partial charge in [-0.2, -0.15) is 0 Å². The normalized spacial score (nSPS) is 21.5. The van der Waals surface area contributed by atoms with Crippen LogP contribution in [0.2, 0.25) is 0 Å². The molecule has 0 aliphatic carbocycles. The summed E-state index contributed by atoms with van der Waals surface area (Å²) in [4.78, 5) is 5.09. The maximum Gasteiger partial charge on any atom is 0.0594 e. The van der Waals surface area contributed by atoms with Crippen molar-refractivity contribution in [2.75, 3.05) is 52.5 Å². The second-order valence-electron chi connectivity index (χ2n) is 5.42. The van der Waals surface area contributed by atoms with E-state index in [2.05, 4.69) is 9.80 Å². The minimum Gasteiger partial charge on any atom is -0.379 e. The molecule has 0 bridgehead atoms. The first kappa shape index (κ1) is 19.5. The molecule has 2 aliphatic rings. The first-order chi connectivity index (χ1) is 8.45. The lowest BCUT2D eigenvalue weighted by Crippen LogP contribution is -2.35. The van der Waals surface area contributed by atoms with Crippen LogP contribution in [0, 0.1) is 0 Å². The van der Waals surface area contributed by atoms with Crippen molar-refractivity contribution < 1.29 is 4.74 Å². The van der Waals surface area contributed by atoms with Crippen molar-refractivity contribution >= 4 is 24.8 Å². The van der Waals surface area contributed by atoms with Crippen LogP contribution in [0.4, 0.5) is 0 Å². The molecular weight excluding hydrogens is 283 g/mol. The molecule has 3 nitrogen and oxygen atoms in total. The second-order valence-corrected chi connectivity index (χ2v) is 5.42. The third-order valence-electron chi connectivity index (χ3n) is 4.00. The summed E-state index contributed by atoms with van der Waals surface area (Å²) in [6.45, 7) is 9.28. The van der Waals surface area contributed by atoms with Crippen LogP contribution < -0.4 is 0 Å². The Morgan fingerprint density at radius 1 is 0.579 bits per heavy atom. The highest BCUT2D eigenvalue weighted by Crippen LogP contribution is 2.08. The average molecular weight is 313 g/mol. The highest BCUT2D eigenvalue weighted by atomic mass is 35.5. The largest absolute Gasteiger partial charge is 0.379 e. The van der Waals surface area contributed by atoms with Gasteiger partial charge in [0.05, 0.1) is 13.2 Å². The summed E-state index contributed by atoms with van der Waals surface area (Å²) >= 11 is 0. The topological polar surface area (TPSA) is 15.7 Å². The third-order valence-corrected chi connectivity index (χ3v) is 4.00. The van der Waals surface area contributed by atoms with Crippen molar-refractivity contribution in [3.8, 4) is 0 Å². The van der Waals surface area contributed by atoms with Crippen LogP contribution in [0.3, 0.4) is 0 Å². The summed E-state index contributed by atoms with van der Waals surface area (Å²) in [5, 5.41) is 0. The Kier molecular flexibility index (Phi) is 12.5. The Bertz CT molecular complexity index is 176. The van der Waals surface area contributed by atoms with Gasteiger partial charge in [-0.15, -0.1) is 24.8 Å². The van der Waals surface area contributed by atoms with Crippen LogP contribution >= 0.6 is 24.8 Å². The molecule has 2 rings (SSSR count). The third kappa shape index (κ3) is 8.36. The lowest BCUT2D eigenvalue weighted by Gasteiger charge is -2.27. The van der Waals surface area contributed by atoms with Crippen molar-refractivity contribution in [1.29, 1.82) is 0 Å². The molecule has 2 fully saturated rings. The van der Waals surface area contributed by atoms with E-state index in [0.717, 1.165) is 26.3 Å². The summed E-state index contributed by atoms with van der Waals surface area (Å²) in [6, 6.07) is 0. The van der Waals surface area contributed by atoms with Crippen LogP contribution in [0.25, 0.3) is 0 Å². The lowest BCUT2D eigenvalue weighted by atomic mass is 10.1. The Hall–Kier alpha value is 0.460. The second kappa shape index (κ2) is 12.2. The van der Waals surface area contributed by atoms with E-state index in [9.17, 15) is 0 Å². The standard InChI is InChI=1S/C14H28N2O.2ClH/c1-3-7-15(8-4-1)11-13-17-14-12-16-9-5-2-6-10-16;;/h1-14H2;2*1H. The van der Waals surface area contributed by atoms with Crippen LogP contribution in [0.5, 0.6) is 0 Å². The first-order valence-corrected chi connectivity index (χ1v) is 7.47. The molecule has 0 amide bonds. The van der Waals surface area contributed by atoms with Crippen LogP contribution in [-0.4, -0.2) is 62.3 Å². The SMILES string of the molecule is C1CCN(CCOCCN2CCCCC2)CC1.Cl.Cl. The summed E-state index contributed by atoms with van der Waals surface area (Å²) in [5.74, 6) is 0. The molecule has 0 saturated carbocycles. The van der Waals surface area contributed by atoms with Gasteiger partial charge in [-0.05, 0) is 51.9 Å². The van der Waals surface area contributed by atoms with Gasteiger partial charge < -0.3 is 14.5 Å². The number of rotatable bonds is 6. The zero-order chi connectivity index (χ0) is 11.8. The van der Waals surface area contributed by atoms with Crippen LogP contribution in [-0.2, 0) is 4.74 Å². The van der Waals surface area contributed by atoms with Crippen molar-refractivity contribution in [2.45, 2.75) is 38.5 Å². The van der Waals surface area contributed by atoms with Gasteiger partial charge in [0.15, 0.2) is 0 Å². The fraction of sp³-hybridized carbons (Fsp3) is 1.00. The number of hydrogen-bond acceptors (Lipinski definition) is 3. The van der Waals surface area contributed by atoms with E-state index in [-0.39, 0.29) is 24.8 Å². The van der Waals surface area contributed by atoms with Crippen molar-refractivity contribution in [1.82, 2.24) is 9.80 Å². The predicted octanol–water partition coefficient (Wildman–Crippen LogP) is 2.82. The molecule has 0 aromatic carbocycles. The maximum absolute atomic E-state index is 5.76. The molecule has 0 aromatic rings. The summed E-state index contributed by atoms with van der Waals surface area (Å²) < 4.78 is 5.76. The number of nitrogens with zero attached hydrogens (tertiary/aromatic N) is 2. The van der Waals surface area contributed by atoms with Gasteiger partial charge in [0.25, 0.3) is 0 Å². The van der Waals surface area contributed by atoms with E-state index in [1.165, 1.54) is 64.7 Å². The molecule has 2 aliphatic heterocycles. The van der Waals surface area contributed by atoms with Gasteiger partial charge in [-0.25, -0.2) is 0 Å². The minimum absolute atomic E-state index is 0. The van der Waals surface area contributed by atoms with Gasteiger partial charge in [-0.3, -0.25) is 0 Å². The van der Waals surface area contributed by atoms with Crippen molar-refractivity contribution in [3.05, 3.63) is 0 Å². The zero-order valence-electron chi connectivity index (χ0n) is 12.0. The van der Waals surface area contributed by atoms with Gasteiger partial charge >= 0.3 is 0 Å². The summed E-state index contributed by atoms with van der Waals surface area (Å²) in [5.41, 5.74) is 0. The fourth-order valence-electron chi connectivity index (χ4n) is 2.86. The molecule has 116 valence electrons. The molecule has 0 aromatic heterocycles. The van der Waals surface area contributed by atoms with E-state index in [4.69, 9.17) is 4.74 Å². The molecule has 2 saturated heterocycles. The van der Waals surface area contributed by atoms with E-state index >= 15 is 0 Å². The van der Waals surface area contributed by atoms with Gasteiger partial charge in [0, 0.05) is 13.1 Å². The smallest absolute Gasteiger partial charge is 0.0594 e. The molecule has 0 N–H and O–H groups in total. The number of ether oxygens (including phenoxy) is 1. The number of piperidine rings is 2. The summed E-state index contributed by atoms with van der Waals surface area (Å²) in [7, 11) is 0. The lowest BCUT2D eigenvalue weighted by molar-refractivity contribution is 0.0739. The molecule has 2 heterocycles. The quantitative estimate of drug-likeness (QED) is 0.701. The van der Waals surface area contributed by atoms with Crippen LogP contribution in [0.15, 0.2) is 0 Å². The number of hydrogen-bond donors (Lipinski definition) is 0. The maximum atomic E-state index is 5.76. The first-order valence-electron chi connectivity index (χ1n) is 7.47.